The summed E-state index contributed by atoms with van der Waals surface area (Å²) in [7, 11) is 0. The molecule has 0 unspecified atom stereocenters. The van der Waals surface area contributed by atoms with Crippen molar-refractivity contribution < 1.29 is 24.2 Å². The van der Waals surface area contributed by atoms with Crippen LogP contribution in [-0.4, -0.2) is 34.8 Å². The second-order valence-electron chi connectivity index (χ2n) is 5.72. The molecule has 1 aliphatic heterocycles. The van der Waals surface area contributed by atoms with Gasteiger partial charge in [-0.15, -0.1) is 11.3 Å². The zero-order valence-corrected chi connectivity index (χ0v) is 13.3. The molecular weight excluding hydrogens is 332 g/mol. The predicted octanol–water partition coefficient (Wildman–Crippen LogP) is 2.13. The van der Waals surface area contributed by atoms with Gasteiger partial charge in [-0.3, -0.25) is 4.79 Å². The normalized spacial score (nSPS) is 16.7. The van der Waals surface area contributed by atoms with E-state index in [0.717, 1.165) is 18.4 Å². The highest BCUT2D eigenvalue weighted by Gasteiger charge is 2.37. The number of hydrogen-bond donors (Lipinski definition) is 2. The maximum Gasteiger partial charge on any atom is 0.326 e. The Kier molecular flexibility index (Phi) is 3.61. The molecule has 0 bridgehead atoms. The van der Waals surface area contributed by atoms with Crippen molar-refractivity contribution in [1.82, 2.24) is 10.3 Å². The second-order valence-corrected chi connectivity index (χ2v) is 6.76. The molecule has 2 aromatic rings. The summed E-state index contributed by atoms with van der Waals surface area (Å²) in [6.07, 6.45) is 3.14. The van der Waals surface area contributed by atoms with E-state index < -0.39 is 17.9 Å². The number of benzene rings is 1. The fourth-order valence-electron chi connectivity index (χ4n) is 2.57. The first kappa shape index (κ1) is 14.9. The Labute approximate surface area is 141 Å². The number of rotatable bonds is 5. The van der Waals surface area contributed by atoms with Crippen LogP contribution >= 0.6 is 11.3 Å². The molecule has 2 aliphatic rings. The number of carbonyl (C=O) groups excluding carboxylic acids is 1. The lowest BCUT2D eigenvalue weighted by Gasteiger charge is -2.12. The van der Waals surface area contributed by atoms with Gasteiger partial charge in [0, 0.05) is 5.56 Å². The topological polar surface area (TPSA) is 97.8 Å². The molecule has 8 heteroatoms. The van der Waals surface area contributed by atoms with Crippen LogP contribution < -0.4 is 14.8 Å². The SMILES string of the molecule is O=C(N[C@H](C(=O)O)C1CC1)c1cnc(-c2ccc3c(c2)OCO3)s1. The zero-order chi connectivity index (χ0) is 16.7. The van der Waals surface area contributed by atoms with Crippen molar-refractivity contribution in [2.75, 3.05) is 6.79 Å². The molecule has 7 nitrogen and oxygen atoms in total. The number of aliphatic carboxylic acids is 1. The van der Waals surface area contributed by atoms with Crippen molar-refractivity contribution in [2.45, 2.75) is 18.9 Å². The second kappa shape index (κ2) is 5.79. The van der Waals surface area contributed by atoms with Crippen molar-refractivity contribution >= 4 is 23.2 Å². The summed E-state index contributed by atoms with van der Waals surface area (Å²) in [5, 5.41) is 12.5. The largest absolute Gasteiger partial charge is 0.480 e. The van der Waals surface area contributed by atoms with Crippen molar-refractivity contribution in [3.63, 3.8) is 0 Å². The van der Waals surface area contributed by atoms with Crippen LogP contribution in [0.5, 0.6) is 11.5 Å². The van der Waals surface area contributed by atoms with Gasteiger partial charge in [0.15, 0.2) is 11.5 Å². The fraction of sp³-hybridized carbons (Fsp3) is 0.312. The van der Waals surface area contributed by atoms with E-state index in [-0.39, 0.29) is 12.7 Å². The summed E-state index contributed by atoms with van der Waals surface area (Å²) in [5.74, 6) is -0.0340. The first-order valence-electron chi connectivity index (χ1n) is 7.51. The number of fused-ring (bicyclic) bond motifs is 1. The average molecular weight is 346 g/mol. The molecule has 4 rings (SSSR count). The Bertz CT molecular complexity index is 815. The van der Waals surface area contributed by atoms with E-state index in [2.05, 4.69) is 10.3 Å². The standard InChI is InChI=1S/C16H14N2O5S/c19-14(18-13(16(20)21)8-1-2-8)12-6-17-15(24-12)9-3-4-10-11(5-9)23-7-22-10/h3-6,8,13H,1-2,7H2,(H,18,19)(H,20,21)/t13-/m0/s1. The van der Waals surface area contributed by atoms with Crippen LogP contribution in [0, 0.1) is 5.92 Å². The first-order chi connectivity index (χ1) is 11.6. The number of ether oxygens (including phenoxy) is 2. The number of nitrogens with one attached hydrogen (secondary N) is 1. The highest BCUT2D eigenvalue weighted by molar-refractivity contribution is 7.16. The molecule has 1 atom stereocenters. The van der Waals surface area contributed by atoms with E-state index in [0.29, 0.717) is 21.4 Å². The number of amides is 1. The highest BCUT2D eigenvalue weighted by atomic mass is 32.1. The zero-order valence-electron chi connectivity index (χ0n) is 12.5. The van der Waals surface area contributed by atoms with Gasteiger partial charge in [0.05, 0.1) is 6.20 Å². The molecule has 2 heterocycles. The maximum absolute atomic E-state index is 12.3. The van der Waals surface area contributed by atoms with Gasteiger partial charge in [0.1, 0.15) is 15.9 Å². The lowest BCUT2D eigenvalue weighted by Crippen LogP contribution is -2.42. The minimum Gasteiger partial charge on any atom is -0.480 e. The minimum absolute atomic E-state index is 0.0349. The van der Waals surface area contributed by atoms with Gasteiger partial charge in [0.25, 0.3) is 5.91 Å². The molecule has 1 amide bonds. The van der Waals surface area contributed by atoms with E-state index in [1.165, 1.54) is 17.5 Å². The van der Waals surface area contributed by atoms with Crippen molar-refractivity contribution in [3.8, 4) is 22.1 Å². The van der Waals surface area contributed by atoms with Gasteiger partial charge in [-0.25, -0.2) is 9.78 Å². The molecule has 1 aromatic heterocycles. The van der Waals surface area contributed by atoms with Crippen LogP contribution in [0.1, 0.15) is 22.5 Å². The molecule has 1 saturated carbocycles. The molecule has 2 N–H and O–H groups in total. The molecule has 0 radical (unpaired) electrons. The van der Waals surface area contributed by atoms with Crippen molar-refractivity contribution in [2.24, 2.45) is 5.92 Å². The van der Waals surface area contributed by atoms with E-state index in [4.69, 9.17) is 9.47 Å². The van der Waals surface area contributed by atoms with Crippen LogP contribution in [0.4, 0.5) is 0 Å². The quantitative estimate of drug-likeness (QED) is 0.861. The molecule has 1 aliphatic carbocycles. The number of thiazole rings is 1. The van der Waals surface area contributed by atoms with E-state index >= 15 is 0 Å². The Morgan fingerprint density at radius 2 is 2.08 bits per heavy atom. The predicted molar refractivity (Wildman–Crippen MR) is 85.3 cm³/mol. The van der Waals surface area contributed by atoms with Gasteiger partial charge in [-0.1, -0.05) is 0 Å². The number of carboxylic acid groups (broad SMARTS) is 1. The molecule has 24 heavy (non-hydrogen) atoms. The van der Waals surface area contributed by atoms with Gasteiger partial charge < -0.3 is 19.9 Å². The van der Waals surface area contributed by atoms with E-state index in [9.17, 15) is 14.7 Å². The summed E-state index contributed by atoms with van der Waals surface area (Å²) in [5.41, 5.74) is 0.820. The Morgan fingerprint density at radius 3 is 2.83 bits per heavy atom. The van der Waals surface area contributed by atoms with Crippen LogP contribution in [0.15, 0.2) is 24.4 Å². The van der Waals surface area contributed by atoms with Crippen molar-refractivity contribution in [3.05, 3.63) is 29.3 Å². The summed E-state index contributed by atoms with van der Waals surface area (Å²) in [4.78, 5) is 28.1. The molecular formula is C16H14N2O5S. The number of aromatic nitrogens is 1. The Morgan fingerprint density at radius 1 is 1.29 bits per heavy atom. The molecule has 1 aromatic carbocycles. The Hall–Kier alpha value is -2.61. The molecule has 0 saturated heterocycles. The van der Waals surface area contributed by atoms with Gasteiger partial charge in [0.2, 0.25) is 6.79 Å². The van der Waals surface area contributed by atoms with Gasteiger partial charge >= 0.3 is 5.97 Å². The number of carboxylic acids is 1. The third-order valence-electron chi connectivity index (χ3n) is 4.00. The van der Waals surface area contributed by atoms with Crippen LogP contribution in [-0.2, 0) is 4.79 Å². The average Bonchev–Trinajstić information content (AvgIpc) is 3.10. The van der Waals surface area contributed by atoms with Crippen LogP contribution in [0.25, 0.3) is 10.6 Å². The Balaban J connectivity index is 1.52. The summed E-state index contributed by atoms with van der Waals surface area (Å²) >= 11 is 1.21. The van der Waals surface area contributed by atoms with E-state index in [1.54, 1.807) is 6.07 Å². The lowest BCUT2D eigenvalue weighted by atomic mass is 10.2. The smallest absolute Gasteiger partial charge is 0.326 e. The van der Waals surface area contributed by atoms with Gasteiger partial charge in [-0.2, -0.15) is 0 Å². The first-order valence-corrected chi connectivity index (χ1v) is 8.33. The van der Waals surface area contributed by atoms with Crippen LogP contribution in [0.3, 0.4) is 0 Å². The molecule has 1 fully saturated rings. The van der Waals surface area contributed by atoms with Crippen LogP contribution in [0.2, 0.25) is 0 Å². The maximum atomic E-state index is 12.3. The minimum atomic E-state index is -0.994. The number of nitrogens with zero attached hydrogens (tertiary/aromatic N) is 1. The summed E-state index contributed by atoms with van der Waals surface area (Å²) < 4.78 is 10.6. The third kappa shape index (κ3) is 2.80. The third-order valence-corrected chi connectivity index (χ3v) is 5.04. The monoisotopic (exact) mass is 346 g/mol. The fourth-order valence-corrected chi connectivity index (χ4v) is 3.38. The number of carbonyl (C=O) groups is 2. The van der Waals surface area contributed by atoms with Crippen molar-refractivity contribution in [1.29, 1.82) is 0 Å². The van der Waals surface area contributed by atoms with Gasteiger partial charge in [-0.05, 0) is 37.0 Å². The lowest BCUT2D eigenvalue weighted by molar-refractivity contribution is -0.139. The van der Waals surface area contributed by atoms with E-state index in [1.807, 2.05) is 12.1 Å². The molecule has 124 valence electrons. The summed E-state index contributed by atoms with van der Waals surface area (Å²) in [6.45, 7) is 0.196. The number of hydrogen-bond acceptors (Lipinski definition) is 6. The molecule has 0 spiro atoms. The highest BCUT2D eigenvalue weighted by Crippen LogP contribution is 2.37. The summed E-state index contributed by atoms with van der Waals surface area (Å²) in [6, 6.07) is 4.63.